The van der Waals surface area contributed by atoms with E-state index in [-0.39, 0.29) is 11.9 Å². The summed E-state index contributed by atoms with van der Waals surface area (Å²) in [5.41, 5.74) is 0.898. The van der Waals surface area contributed by atoms with Crippen molar-refractivity contribution >= 4 is 29.3 Å². The standard InChI is InChI=1S/C20H21ClN2O3/c1-20(2,3)26-19(25)23-16(13-7-5-4-6-8-13)17(23)18(24)22-15-11-9-14(21)10-12-15/h4-12,16-17H,1-3H3,(H,22,24). The lowest BCUT2D eigenvalue weighted by Gasteiger charge is -2.20. The molecule has 26 heavy (non-hydrogen) atoms. The highest BCUT2D eigenvalue weighted by Crippen LogP contribution is 2.44. The van der Waals surface area contributed by atoms with Crippen molar-refractivity contribution in [2.24, 2.45) is 0 Å². The molecule has 6 heteroatoms. The van der Waals surface area contributed by atoms with E-state index < -0.39 is 17.7 Å². The van der Waals surface area contributed by atoms with Crippen LogP contribution in [-0.2, 0) is 9.53 Å². The van der Waals surface area contributed by atoms with Gasteiger partial charge in [-0.25, -0.2) is 4.79 Å². The molecular weight excluding hydrogens is 352 g/mol. The van der Waals surface area contributed by atoms with E-state index >= 15 is 0 Å². The highest BCUT2D eigenvalue weighted by molar-refractivity contribution is 6.30. The van der Waals surface area contributed by atoms with Crippen molar-refractivity contribution in [3.63, 3.8) is 0 Å². The maximum absolute atomic E-state index is 12.7. The van der Waals surface area contributed by atoms with Gasteiger partial charge in [0.15, 0.2) is 0 Å². The Morgan fingerprint density at radius 3 is 2.23 bits per heavy atom. The third kappa shape index (κ3) is 4.17. The minimum absolute atomic E-state index is 0.257. The molecular formula is C20H21ClN2O3. The van der Waals surface area contributed by atoms with Crippen molar-refractivity contribution < 1.29 is 14.3 Å². The molecule has 0 saturated carbocycles. The van der Waals surface area contributed by atoms with Gasteiger partial charge in [-0.2, -0.15) is 0 Å². The van der Waals surface area contributed by atoms with Crippen LogP contribution in [0, 0.1) is 0 Å². The van der Waals surface area contributed by atoms with Gasteiger partial charge in [0.2, 0.25) is 5.91 Å². The lowest BCUT2D eigenvalue weighted by Crippen LogP contribution is -2.30. The normalized spacial score (nSPS) is 19.0. The first-order valence-electron chi connectivity index (χ1n) is 8.39. The van der Waals surface area contributed by atoms with Gasteiger partial charge < -0.3 is 10.1 Å². The number of nitrogens with zero attached hydrogens (tertiary/aromatic N) is 1. The summed E-state index contributed by atoms with van der Waals surface area (Å²) in [5, 5.41) is 3.42. The van der Waals surface area contributed by atoms with Crippen LogP contribution in [0.3, 0.4) is 0 Å². The molecule has 0 bridgehead atoms. The zero-order valence-corrected chi connectivity index (χ0v) is 15.7. The van der Waals surface area contributed by atoms with Crippen molar-refractivity contribution in [2.75, 3.05) is 5.32 Å². The van der Waals surface area contributed by atoms with Crippen LogP contribution in [0.25, 0.3) is 0 Å². The maximum Gasteiger partial charge on any atom is 0.411 e. The van der Waals surface area contributed by atoms with Crippen molar-refractivity contribution in [1.82, 2.24) is 4.90 Å². The Balaban J connectivity index is 1.79. The van der Waals surface area contributed by atoms with Gasteiger partial charge in [0.25, 0.3) is 0 Å². The first kappa shape index (κ1) is 18.3. The molecule has 3 rings (SSSR count). The first-order chi connectivity index (χ1) is 12.3. The predicted molar refractivity (Wildman–Crippen MR) is 101 cm³/mol. The van der Waals surface area contributed by atoms with Crippen LogP contribution in [0.2, 0.25) is 5.02 Å². The predicted octanol–water partition coefficient (Wildman–Crippen LogP) is 4.64. The molecule has 1 aliphatic heterocycles. The summed E-state index contributed by atoms with van der Waals surface area (Å²) in [6.07, 6.45) is -0.498. The molecule has 2 aromatic rings. The van der Waals surface area contributed by atoms with Crippen LogP contribution in [-0.4, -0.2) is 28.5 Å². The van der Waals surface area contributed by atoms with Gasteiger partial charge in [-0.3, -0.25) is 9.69 Å². The van der Waals surface area contributed by atoms with E-state index in [1.807, 2.05) is 30.3 Å². The van der Waals surface area contributed by atoms with Crippen LogP contribution in [0.4, 0.5) is 10.5 Å². The molecule has 0 spiro atoms. The highest BCUT2D eigenvalue weighted by atomic mass is 35.5. The zero-order valence-electron chi connectivity index (χ0n) is 14.9. The minimum Gasteiger partial charge on any atom is -0.444 e. The number of rotatable bonds is 3. The summed E-state index contributed by atoms with van der Waals surface area (Å²) in [7, 11) is 0. The third-order valence-corrected chi connectivity index (χ3v) is 4.19. The average molecular weight is 373 g/mol. The van der Waals surface area contributed by atoms with Gasteiger partial charge in [0, 0.05) is 10.7 Å². The first-order valence-corrected chi connectivity index (χ1v) is 8.77. The number of ether oxygens (including phenoxy) is 1. The molecule has 5 nitrogen and oxygen atoms in total. The molecule has 2 unspecified atom stereocenters. The number of carbonyl (C=O) groups is 2. The quantitative estimate of drug-likeness (QED) is 0.798. The number of carbonyl (C=O) groups excluding carboxylic acids is 2. The molecule has 0 aliphatic carbocycles. The average Bonchev–Trinajstić information content (AvgIpc) is 3.32. The molecule has 1 saturated heterocycles. The Morgan fingerprint density at radius 1 is 1.04 bits per heavy atom. The molecule has 2 aromatic carbocycles. The molecule has 1 aliphatic rings. The summed E-state index contributed by atoms with van der Waals surface area (Å²) in [6.45, 7) is 5.40. The van der Waals surface area contributed by atoms with Crippen molar-refractivity contribution in [3.05, 3.63) is 65.2 Å². The summed E-state index contributed by atoms with van der Waals surface area (Å²) in [5.74, 6) is -0.257. The number of hydrogen-bond acceptors (Lipinski definition) is 3. The summed E-state index contributed by atoms with van der Waals surface area (Å²) in [4.78, 5) is 26.7. The van der Waals surface area contributed by atoms with Crippen LogP contribution >= 0.6 is 11.6 Å². The zero-order chi connectivity index (χ0) is 18.9. The van der Waals surface area contributed by atoms with E-state index in [1.54, 1.807) is 45.0 Å². The fourth-order valence-corrected chi connectivity index (χ4v) is 2.91. The van der Waals surface area contributed by atoms with E-state index in [2.05, 4.69) is 5.32 Å². The second kappa shape index (κ2) is 7.00. The summed E-state index contributed by atoms with van der Waals surface area (Å²) < 4.78 is 5.45. The van der Waals surface area contributed by atoms with E-state index in [0.29, 0.717) is 10.7 Å². The molecule has 1 heterocycles. The number of halogens is 1. The van der Waals surface area contributed by atoms with E-state index in [4.69, 9.17) is 16.3 Å². The van der Waals surface area contributed by atoms with Crippen LogP contribution in [0.1, 0.15) is 32.4 Å². The Hall–Kier alpha value is -2.53. The van der Waals surface area contributed by atoms with Crippen LogP contribution < -0.4 is 5.32 Å². The minimum atomic E-state index is -0.627. The van der Waals surface area contributed by atoms with Gasteiger partial charge in [-0.15, -0.1) is 0 Å². The second-order valence-electron chi connectivity index (χ2n) is 7.18. The number of anilines is 1. The number of amides is 2. The Labute approximate surface area is 157 Å². The molecule has 1 N–H and O–H groups in total. The second-order valence-corrected chi connectivity index (χ2v) is 7.62. The number of benzene rings is 2. The largest absolute Gasteiger partial charge is 0.444 e. The Bertz CT molecular complexity index is 800. The molecule has 1 fully saturated rings. The SMILES string of the molecule is CC(C)(C)OC(=O)N1C(C(=O)Nc2ccc(Cl)cc2)C1c1ccccc1. The van der Waals surface area contributed by atoms with Gasteiger partial charge in [-0.1, -0.05) is 41.9 Å². The molecule has 2 atom stereocenters. The van der Waals surface area contributed by atoms with Crippen LogP contribution in [0.5, 0.6) is 0 Å². The van der Waals surface area contributed by atoms with E-state index in [1.165, 1.54) is 4.90 Å². The number of hydrogen-bond donors (Lipinski definition) is 1. The fraction of sp³-hybridized carbons (Fsp3) is 0.300. The van der Waals surface area contributed by atoms with E-state index in [0.717, 1.165) is 5.56 Å². The topological polar surface area (TPSA) is 58.4 Å². The maximum atomic E-state index is 12.7. The Kier molecular flexibility index (Phi) is 4.92. The smallest absolute Gasteiger partial charge is 0.411 e. The number of nitrogens with one attached hydrogen (secondary N) is 1. The highest BCUT2D eigenvalue weighted by Gasteiger charge is 2.57. The Morgan fingerprint density at radius 2 is 1.65 bits per heavy atom. The van der Waals surface area contributed by atoms with Crippen LogP contribution in [0.15, 0.2) is 54.6 Å². The lowest BCUT2D eigenvalue weighted by molar-refractivity contribution is -0.116. The molecule has 136 valence electrons. The molecule has 2 amide bonds. The van der Waals surface area contributed by atoms with Gasteiger partial charge in [0.05, 0.1) is 6.04 Å². The van der Waals surface area contributed by atoms with E-state index in [9.17, 15) is 9.59 Å². The van der Waals surface area contributed by atoms with Gasteiger partial charge in [0.1, 0.15) is 11.6 Å². The lowest BCUT2D eigenvalue weighted by atomic mass is 10.1. The fourth-order valence-electron chi connectivity index (χ4n) is 2.79. The summed E-state index contributed by atoms with van der Waals surface area (Å²) in [6, 6.07) is 15.4. The van der Waals surface area contributed by atoms with Gasteiger partial charge >= 0.3 is 6.09 Å². The molecule has 0 radical (unpaired) electrons. The van der Waals surface area contributed by atoms with Crippen molar-refractivity contribution in [3.8, 4) is 0 Å². The molecule has 0 aromatic heterocycles. The van der Waals surface area contributed by atoms with Crippen molar-refractivity contribution in [1.29, 1.82) is 0 Å². The van der Waals surface area contributed by atoms with Gasteiger partial charge in [-0.05, 0) is 50.6 Å². The van der Waals surface area contributed by atoms with Crippen molar-refractivity contribution in [2.45, 2.75) is 38.5 Å². The third-order valence-electron chi connectivity index (χ3n) is 3.93. The summed E-state index contributed by atoms with van der Waals surface area (Å²) >= 11 is 5.87. The monoisotopic (exact) mass is 372 g/mol.